The molecule has 3 fully saturated rings. The molecule has 1 aromatic carbocycles. The van der Waals surface area contributed by atoms with Gasteiger partial charge in [-0.1, -0.05) is 49.6 Å². The lowest BCUT2D eigenvalue weighted by molar-refractivity contribution is -0.186. The molecule has 6 heteroatoms. The Morgan fingerprint density at radius 1 is 1.00 bits per heavy atom. The van der Waals surface area contributed by atoms with Gasteiger partial charge in [0, 0.05) is 31.5 Å². The molecule has 1 unspecified atom stereocenters. The first-order valence-electron chi connectivity index (χ1n) is 11.1. The molecule has 6 nitrogen and oxygen atoms in total. The highest BCUT2D eigenvalue weighted by molar-refractivity contribution is 5.92. The number of nitrogens with zero attached hydrogens (tertiary/aromatic N) is 4. The van der Waals surface area contributed by atoms with Gasteiger partial charge in [0.15, 0.2) is 0 Å². The van der Waals surface area contributed by atoms with Crippen LogP contribution in [0.25, 0.3) is 0 Å². The zero-order chi connectivity index (χ0) is 20.6. The van der Waals surface area contributed by atoms with Crippen molar-refractivity contribution < 1.29 is 9.59 Å². The van der Waals surface area contributed by atoms with E-state index in [0.717, 1.165) is 38.5 Å². The largest absolute Gasteiger partial charge is 0.337 e. The summed E-state index contributed by atoms with van der Waals surface area (Å²) in [6.07, 6.45) is 11.8. The first kappa shape index (κ1) is 19.2. The van der Waals surface area contributed by atoms with Gasteiger partial charge in [0.2, 0.25) is 5.91 Å². The molecule has 2 aliphatic heterocycles. The molecule has 3 heterocycles. The molecule has 2 amide bonds. The van der Waals surface area contributed by atoms with Crippen LogP contribution in [0.1, 0.15) is 67.0 Å². The van der Waals surface area contributed by atoms with E-state index in [1.807, 2.05) is 11.0 Å². The van der Waals surface area contributed by atoms with Crippen LogP contribution in [-0.2, 0) is 4.79 Å². The lowest BCUT2D eigenvalue weighted by Crippen LogP contribution is -2.67. The van der Waals surface area contributed by atoms with Gasteiger partial charge < -0.3 is 9.80 Å². The standard InChI is InChI=1S/C24H28N4O2/c29-22(20-17-25-13-14-26-20)27-15-9-19(10-16-27)28-21(18-7-3-1-4-8-18)24(23(28)30)11-5-2-6-12-24/h1,3-4,7-8,13-14,17,19,21H,2,5-6,9-12,15-16H2. The Morgan fingerprint density at radius 2 is 1.73 bits per heavy atom. The van der Waals surface area contributed by atoms with Crippen LogP contribution in [0.3, 0.4) is 0 Å². The Labute approximate surface area is 177 Å². The van der Waals surface area contributed by atoms with Gasteiger partial charge in [-0.05, 0) is 31.2 Å². The van der Waals surface area contributed by atoms with Crippen molar-refractivity contribution in [3.05, 3.63) is 60.2 Å². The molecule has 1 aromatic heterocycles. The SMILES string of the molecule is O=C(c1cnccn1)N1CCC(N2C(=O)C3(CCCCC3)C2c2ccccc2)CC1. The van der Waals surface area contributed by atoms with Crippen LogP contribution in [0.5, 0.6) is 0 Å². The average molecular weight is 405 g/mol. The lowest BCUT2D eigenvalue weighted by atomic mass is 9.59. The molecule has 1 aliphatic carbocycles. The first-order chi connectivity index (χ1) is 14.7. The Morgan fingerprint density at radius 3 is 2.40 bits per heavy atom. The van der Waals surface area contributed by atoms with Gasteiger partial charge in [0.05, 0.1) is 17.7 Å². The van der Waals surface area contributed by atoms with Crippen LogP contribution in [0.15, 0.2) is 48.9 Å². The second kappa shape index (κ2) is 7.82. The van der Waals surface area contributed by atoms with Crippen molar-refractivity contribution >= 4 is 11.8 Å². The van der Waals surface area contributed by atoms with E-state index in [1.165, 1.54) is 18.2 Å². The Kier molecular flexibility index (Phi) is 5.01. The van der Waals surface area contributed by atoms with Crippen molar-refractivity contribution in [3.8, 4) is 0 Å². The van der Waals surface area contributed by atoms with Gasteiger partial charge in [0.1, 0.15) is 5.69 Å². The number of hydrogen-bond donors (Lipinski definition) is 0. The molecule has 156 valence electrons. The minimum atomic E-state index is -0.202. The third-order valence-corrected chi connectivity index (χ3v) is 7.25. The van der Waals surface area contributed by atoms with Crippen molar-refractivity contribution in [1.82, 2.24) is 19.8 Å². The average Bonchev–Trinajstić information content (AvgIpc) is 2.83. The minimum absolute atomic E-state index is 0.0696. The summed E-state index contributed by atoms with van der Waals surface area (Å²) in [7, 11) is 0. The van der Waals surface area contributed by atoms with Gasteiger partial charge in [0.25, 0.3) is 5.91 Å². The summed E-state index contributed by atoms with van der Waals surface area (Å²) in [4.78, 5) is 38.3. The topological polar surface area (TPSA) is 66.4 Å². The summed E-state index contributed by atoms with van der Waals surface area (Å²) in [5.74, 6) is 0.273. The molecule has 2 saturated heterocycles. The minimum Gasteiger partial charge on any atom is -0.337 e. The van der Waals surface area contributed by atoms with E-state index >= 15 is 0 Å². The van der Waals surface area contributed by atoms with Gasteiger partial charge in [-0.2, -0.15) is 0 Å². The van der Waals surface area contributed by atoms with Crippen molar-refractivity contribution in [2.24, 2.45) is 5.41 Å². The Balaban J connectivity index is 1.33. The van der Waals surface area contributed by atoms with E-state index in [9.17, 15) is 9.59 Å². The number of rotatable bonds is 3. The number of amides is 2. The fourth-order valence-corrected chi connectivity index (χ4v) is 5.77. The number of benzene rings is 1. The zero-order valence-electron chi connectivity index (χ0n) is 17.2. The second-order valence-electron chi connectivity index (χ2n) is 8.86. The number of hydrogen-bond acceptors (Lipinski definition) is 4. The lowest BCUT2D eigenvalue weighted by Gasteiger charge is -2.61. The fraction of sp³-hybridized carbons (Fsp3) is 0.500. The Hall–Kier alpha value is -2.76. The van der Waals surface area contributed by atoms with E-state index in [0.29, 0.717) is 24.7 Å². The summed E-state index contributed by atoms with van der Waals surface area (Å²) in [5.41, 5.74) is 1.45. The number of aromatic nitrogens is 2. The number of likely N-dealkylation sites (tertiary alicyclic amines) is 2. The highest BCUT2D eigenvalue weighted by Crippen LogP contribution is 2.59. The summed E-state index contributed by atoms with van der Waals surface area (Å²) < 4.78 is 0. The van der Waals surface area contributed by atoms with E-state index in [4.69, 9.17) is 0 Å². The molecule has 0 bridgehead atoms. The molecule has 5 rings (SSSR count). The first-order valence-corrected chi connectivity index (χ1v) is 11.1. The third kappa shape index (κ3) is 3.09. The predicted octanol–water partition coefficient (Wildman–Crippen LogP) is 3.62. The van der Waals surface area contributed by atoms with Gasteiger partial charge >= 0.3 is 0 Å². The van der Waals surface area contributed by atoms with Crippen molar-refractivity contribution in [2.75, 3.05) is 13.1 Å². The number of β-lactam (4-membered cyclic amide) rings is 1. The van der Waals surface area contributed by atoms with Crippen molar-refractivity contribution in [3.63, 3.8) is 0 Å². The van der Waals surface area contributed by atoms with Crippen LogP contribution in [0, 0.1) is 5.41 Å². The molecule has 30 heavy (non-hydrogen) atoms. The Bertz CT molecular complexity index is 903. The molecule has 1 spiro atoms. The van der Waals surface area contributed by atoms with Gasteiger partial charge in [-0.3, -0.25) is 14.6 Å². The summed E-state index contributed by atoms with van der Waals surface area (Å²) >= 11 is 0. The number of carbonyl (C=O) groups is 2. The quantitative estimate of drug-likeness (QED) is 0.733. The molecule has 1 atom stereocenters. The van der Waals surface area contributed by atoms with Crippen molar-refractivity contribution in [2.45, 2.75) is 57.0 Å². The van der Waals surface area contributed by atoms with Crippen molar-refractivity contribution in [1.29, 1.82) is 0 Å². The summed E-state index contributed by atoms with van der Waals surface area (Å²) in [6.45, 7) is 1.30. The monoisotopic (exact) mass is 404 g/mol. The second-order valence-corrected chi connectivity index (χ2v) is 8.86. The van der Waals surface area contributed by atoms with Crippen LogP contribution in [0.4, 0.5) is 0 Å². The number of piperidine rings is 1. The molecular formula is C24H28N4O2. The van der Waals surface area contributed by atoms with E-state index in [2.05, 4.69) is 39.1 Å². The highest BCUT2D eigenvalue weighted by Gasteiger charge is 2.62. The van der Waals surface area contributed by atoms with Gasteiger partial charge in [-0.15, -0.1) is 0 Å². The summed E-state index contributed by atoms with van der Waals surface area (Å²) in [6, 6.07) is 10.9. The molecule has 3 aliphatic rings. The van der Waals surface area contributed by atoms with Crippen LogP contribution >= 0.6 is 0 Å². The maximum Gasteiger partial charge on any atom is 0.274 e. The maximum absolute atomic E-state index is 13.5. The molecule has 2 aromatic rings. The predicted molar refractivity (Wildman–Crippen MR) is 113 cm³/mol. The van der Waals surface area contributed by atoms with E-state index < -0.39 is 0 Å². The van der Waals surface area contributed by atoms with Crippen LogP contribution in [-0.4, -0.2) is 50.7 Å². The normalized spacial score (nSPS) is 24.0. The van der Waals surface area contributed by atoms with Gasteiger partial charge in [-0.25, -0.2) is 4.98 Å². The van der Waals surface area contributed by atoms with Crippen LogP contribution < -0.4 is 0 Å². The molecule has 1 saturated carbocycles. The number of carbonyl (C=O) groups excluding carboxylic acids is 2. The fourth-order valence-electron chi connectivity index (χ4n) is 5.77. The third-order valence-electron chi connectivity index (χ3n) is 7.25. The molecule has 0 radical (unpaired) electrons. The van der Waals surface area contributed by atoms with E-state index in [-0.39, 0.29) is 23.4 Å². The maximum atomic E-state index is 13.5. The zero-order valence-corrected chi connectivity index (χ0v) is 17.2. The molecular weight excluding hydrogens is 376 g/mol. The molecule has 0 N–H and O–H groups in total. The summed E-state index contributed by atoms with van der Waals surface area (Å²) in [5, 5.41) is 0. The van der Waals surface area contributed by atoms with E-state index in [1.54, 1.807) is 12.4 Å². The highest BCUT2D eigenvalue weighted by atomic mass is 16.2. The van der Waals surface area contributed by atoms with Crippen LogP contribution in [0.2, 0.25) is 0 Å². The smallest absolute Gasteiger partial charge is 0.274 e.